The first-order valence-electron chi connectivity index (χ1n) is 10.2. The fraction of sp³-hybridized carbons (Fsp3) is 0.905. The van der Waals surface area contributed by atoms with Crippen molar-refractivity contribution in [3.8, 4) is 0 Å². The molecule has 0 amide bonds. The molecule has 7 atom stereocenters. The van der Waals surface area contributed by atoms with Crippen LogP contribution in [0.3, 0.4) is 0 Å². The maximum atomic E-state index is 12.5. The smallest absolute Gasteiger partial charge is 0.302 e. The van der Waals surface area contributed by atoms with Crippen molar-refractivity contribution in [2.75, 3.05) is 0 Å². The lowest BCUT2D eigenvalue weighted by atomic mass is 9.42. The fourth-order valence-electron chi connectivity index (χ4n) is 7.28. The molecule has 4 aliphatic rings. The number of rotatable bonds is 1. The van der Waals surface area contributed by atoms with Crippen molar-refractivity contribution >= 4 is 11.8 Å². The van der Waals surface area contributed by atoms with Crippen LogP contribution in [-0.4, -0.2) is 39.3 Å². The van der Waals surface area contributed by atoms with E-state index in [1.807, 2.05) is 6.92 Å². The second-order valence-electron chi connectivity index (χ2n) is 9.89. The van der Waals surface area contributed by atoms with Crippen molar-refractivity contribution in [1.29, 1.82) is 0 Å². The van der Waals surface area contributed by atoms with Gasteiger partial charge >= 0.3 is 5.97 Å². The van der Waals surface area contributed by atoms with Crippen LogP contribution in [0.5, 0.6) is 0 Å². The van der Waals surface area contributed by atoms with Gasteiger partial charge in [0, 0.05) is 19.8 Å². The van der Waals surface area contributed by atoms with E-state index in [4.69, 9.17) is 4.74 Å². The SMILES string of the molecule is CC(=O)OC1CCC2(C)C3CCC4(C)C(=O)CCC4(O)C3CCC2(O)C1. The van der Waals surface area contributed by atoms with E-state index < -0.39 is 16.6 Å². The molecule has 0 bridgehead atoms. The highest BCUT2D eigenvalue weighted by atomic mass is 16.5. The van der Waals surface area contributed by atoms with Gasteiger partial charge in [-0.15, -0.1) is 0 Å². The zero-order valence-electron chi connectivity index (χ0n) is 16.2. The highest BCUT2D eigenvalue weighted by Gasteiger charge is 2.70. The number of fused-ring (bicyclic) bond motifs is 5. The van der Waals surface area contributed by atoms with E-state index in [-0.39, 0.29) is 35.1 Å². The van der Waals surface area contributed by atoms with Crippen LogP contribution in [0.1, 0.15) is 78.6 Å². The molecule has 0 aliphatic heterocycles. The minimum Gasteiger partial charge on any atom is -0.462 e. The van der Waals surface area contributed by atoms with E-state index in [1.54, 1.807) is 0 Å². The van der Waals surface area contributed by atoms with Gasteiger partial charge in [-0.05, 0) is 69.1 Å². The minimum absolute atomic E-state index is 0.0725. The number of ether oxygens (including phenoxy) is 1. The molecule has 5 heteroatoms. The van der Waals surface area contributed by atoms with Gasteiger partial charge in [0.2, 0.25) is 0 Å². The van der Waals surface area contributed by atoms with Crippen molar-refractivity contribution in [3.63, 3.8) is 0 Å². The van der Waals surface area contributed by atoms with E-state index in [0.717, 1.165) is 25.7 Å². The summed E-state index contributed by atoms with van der Waals surface area (Å²) >= 11 is 0. The van der Waals surface area contributed by atoms with E-state index >= 15 is 0 Å². The predicted molar refractivity (Wildman–Crippen MR) is 95.2 cm³/mol. The fourth-order valence-corrected chi connectivity index (χ4v) is 7.28. The van der Waals surface area contributed by atoms with Gasteiger partial charge in [0.05, 0.1) is 16.6 Å². The molecule has 0 aromatic rings. The van der Waals surface area contributed by atoms with Crippen molar-refractivity contribution < 1.29 is 24.5 Å². The Hall–Kier alpha value is -0.940. The van der Waals surface area contributed by atoms with Crippen LogP contribution in [0.2, 0.25) is 0 Å². The zero-order valence-corrected chi connectivity index (χ0v) is 16.2. The number of carbonyl (C=O) groups is 2. The van der Waals surface area contributed by atoms with Crippen molar-refractivity contribution in [2.45, 2.75) is 95.9 Å². The summed E-state index contributed by atoms with van der Waals surface area (Å²) in [5.74, 6) is 0.206. The second kappa shape index (κ2) is 5.54. The summed E-state index contributed by atoms with van der Waals surface area (Å²) in [6.07, 6.45) is 5.81. The van der Waals surface area contributed by atoms with E-state index in [0.29, 0.717) is 32.1 Å². The molecule has 0 aromatic carbocycles. The van der Waals surface area contributed by atoms with Gasteiger partial charge in [0.25, 0.3) is 0 Å². The zero-order chi connectivity index (χ0) is 19.0. The van der Waals surface area contributed by atoms with Gasteiger partial charge in [0.15, 0.2) is 0 Å². The molecular formula is C21H32O5. The third-order valence-corrected chi connectivity index (χ3v) is 8.99. The van der Waals surface area contributed by atoms with Crippen LogP contribution in [0.4, 0.5) is 0 Å². The van der Waals surface area contributed by atoms with Crippen LogP contribution in [0.25, 0.3) is 0 Å². The van der Waals surface area contributed by atoms with Gasteiger partial charge in [-0.2, -0.15) is 0 Å². The van der Waals surface area contributed by atoms with Crippen LogP contribution < -0.4 is 0 Å². The maximum absolute atomic E-state index is 12.5. The molecule has 0 heterocycles. The minimum atomic E-state index is -0.927. The monoisotopic (exact) mass is 364 g/mol. The van der Waals surface area contributed by atoms with Crippen LogP contribution in [-0.2, 0) is 14.3 Å². The number of esters is 1. The van der Waals surface area contributed by atoms with Crippen LogP contribution >= 0.6 is 0 Å². The Morgan fingerprint density at radius 1 is 1.04 bits per heavy atom. The Labute approximate surface area is 155 Å². The van der Waals surface area contributed by atoms with E-state index in [1.165, 1.54) is 6.92 Å². The third kappa shape index (κ3) is 2.16. The molecule has 4 fully saturated rings. The Bertz CT molecular complexity index is 646. The Morgan fingerprint density at radius 2 is 1.73 bits per heavy atom. The second-order valence-corrected chi connectivity index (χ2v) is 9.89. The maximum Gasteiger partial charge on any atom is 0.302 e. The molecule has 4 rings (SSSR count). The number of Topliss-reactive ketones (excluding diaryl/α,β-unsaturated/α-hetero) is 1. The molecular weight excluding hydrogens is 332 g/mol. The summed E-state index contributed by atoms with van der Waals surface area (Å²) in [5.41, 5.74) is -2.70. The first-order chi connectivity index (χ1) is 12.1. The van der Waals surface area contributed by atoms with E-state index in [9.17, 15) is 19.8 Å². The van der Waals surface area contributed by atoms with Gasteiger partial charge in [0.1, 0.15) is 11.9 Å². The molecule has 0 saturated heterocycles. The largest absolute Gasteiger partial charge is 0.462 e. The lowest BCUT2D eigenvalue weighted by Crippen LogP contribution is -2.67. The summed E-state index contributed by atoms with van der Waals surface area (Å²) in [4.78, 5) is 23.9. The molecule has 7 unspecified atom stereocenters. The molecule has 2 N–H and O–H groups in total. The molecule has 0 radical (unpaired) electrons. The lowest BCUT2D eigenvalue weighted by molar-refractivity contribution is -0.251. The van der Waals surface area contributed by atoms with Gasteiger partial charge in [-0.1, -0.05) is 6.92 Å². The summed E-state index contributed by atoms with van der Waals surface area (Å²) < 4.78 is 5.41. The van der Waals surface area contributed by atoms with Crippen molar-refractivity contribution in [2.24, 2.45) is 22.7 Å². The molecule has 4 aliphatic carbocycles. The molecule has 26 heavy (non-hydrogen) atoms. The lowest BCUT2D eigenvalue weighted by Gasteiger charge is -2.65. The van der Waals surface area contributed by atoms with E-state index in [2.05, 4.69) is 6.92 Å². The Balaban J connectivity index is 1.64. The molecule has 5 nitrogen and oxygen atoms in total. The standard InChI is InChI=1S/C21H32O5/c1-13(22)26-14-4-8-18(2)15-5-9-19(3)17(23)7-11-21(19,25)16(15)6-10-20(18,24)12-14/h14-16,24-25H,4-12H2,1-3H3. The topological polar surface area (TPSA) is 83.8 Å². The van der Waals surface area contributed by atoms with Gasteiger partial charge < -0.3 is 14.9 Å². The van der Waals surface area contributed by atoms with Crippen molar-refractivity contribution in [3.05, 3.63) is 0 Å². The number of carbonyl (C=O) groups excluding carboxylic acids is 2. The average Bonchev–Trinajstić information content (AvgIpc) is 2.79. The average molecular weight is 364 g/mol. The highest BCUT2D eigenvalue weighted by Crippen LogP contribution is 2.68. The number of ketones is 1. The highest BCUT2D eigenvalue weighted by molar-refractivity contribution is 5.88. The third-order valence-electron chi connectivity index (χ3n) is 8.99. The first-order valence-corrected chi connectivity index (χ1v) is 10.2. The molecule has 4 saturated carbocycles. The molecule has 0 spiro atoms. The summed E-state index contributed by atoms with van der Waals surface area (Å²) in [6.45, 7) is 5.54. The molecule has 146 valence electrons. The predicted octanol–water partition coefficient (Wildman–Crippen LogP) is 2.76. The van der Waals surface area contributed by atoms with Gasteiger partial charge in [-0.25, -0.2) is 0 Å². The Morgan fingerprint density at radius 3 is 2.42 bits per heavy atom. The summed E-state index contributed by atoms with van der Waals surface area (Å²) in [6, 6.07) is 0. The summed E-state index contributed by atoms with van der Waals surface area (Å²) in [5, 5.41) is 23.2. The van der Waals surface area contributed by atoms with Crippen LogP contribution in [0.15, 0.2) is 0 Å². The normalized spacial score (nSPS) is 53.4. The number of aliphatic hydroxyl groups is 2. The first kappa shape index (κ1) is 18.4. The quantitative estimate of drug-likeness (QED) is 0.699. The molecule has 0 aromatic heterocycles. The Kier molecular flexibility index (Phi) is 3.93. The van der Waals surface area contributed by atoms with Crippen molar-refractivity contribution in [1.82, 2.24) is 0 Å². The van der Waals surface area contributed by atoms with Gasteiger partial charge in [-0.3, -0.25) is 9.59 Å². The number of hydrogen-bond acceptors (Lipinski definition) is 5. The number of hydrogen-bond donors (Lipinski definition) is 2. The van der Waals surface area contributed by atoms with Crippen LogP contribution in [0, 0.1) is 22.7 Å². The summed E-state index contributed by atoms with van der Waals surface area (Å²) in [7, 11) is 0.